The van der Waals surface area contributed by atoms with Crippen molar-refractivity contribution in [3.05, 3.63) is 36.5 Å². The summed E-state index contributed by atoms with van der Waals surface area (Å²) in [5.74, 6) is 0. The summed E-state index contributed by atoms with van der Waals surface area (Å²) in [6.45, 7) is 6.93. The van der Waals surface area contributed by atoms with Gasteiger partial charge in [-0.05, 0) is 77.0 Å². The van der Waals surface area contributed by atoms with Crippen molar-refractivity contribution in [1.29, 1.82) is 0 Å². The van der Waals surface area contributed by atoms with Crippen LogP contribution in [0.5, 0.6) is 0 Å². The highest BCUT2D eigenvalue weighted by atomic mass is 27.2. The third kappa shape index (κ3) is 49.8. The van der Waals surface area contributed by atoms with E-state index in [-0.39, 0.29) is 0 Å². The van der Waals surface area contributed by atoms with Crippen LogP contribution in [-0.2, 0) is 0 Å². The monoisotopic (exact) mass is 781 g/mol. The molecule has 55 heavy (non-hydrogen) atoms. The van der Waals surface area contributed by atoms with Crippen LogP contribution in [-0.4, -0.2) is 14.1 Å². The van der Waals surface area contributed by atoms with Gasteiger partial charge in [-0.3, -0.25) is 0 Å². The van der Waals surface area contributed by atoms with Gasteiger partial charge in [0.1, 0.15) is 0 Å². The molecule has 0 unspecified atom stereocenters. The first-order valence-corrected chi connectivity index (χ1v) is 28.7. The van der Waals surface area contributed by atoms with Gasteiger partial charge in [0.05, 0.1) is 0 Å². The Kier molecular flexibility index (Phi) is 51.5. The number of rotatable bonds is 48. The Balaban J connectivity index is 4.05. The van der Waals surface area contributed by atoms with Gasteiger partial charge in [0.2, 0.25) is 0 Å². The van der Waals surface area contributed by atoms with E-state index in [9.17, 15) is 0 Å². The van der Waals surface area contributed by atoms with E-state index >= 15 is 0 Å². The van der Waals surface area contributed by atoms with Crippen molar-refractivity contribution in [1.82, 2.24) is 0 Å². The third-order valence-electron chi connectivity index (χ3n) is 12.4. The zero-order chi connectivity index (χ0) is 39.6. The van der Waals surface area contributed by atoms with Gasteiger partial charge in [-0.2, -0.15) is 0 Å². The molecule has 0 aromatic rings. The van der Waals surface area contributed by atoms with Crippen molar-refractivity contribution in [2.45, 2.75) is 306 Å². The summed E-state index contributed by atoms with van der Waals surface area (Å²) in [7, 11) is 0. The number of hydrogen-bond acceptors (Lipinski definition) is 0. The lowest BCUT2D eigenvalue weighted by Gasteiger charge is -2.12. The number of hydrogen-bond donors (Lipinski definition) is 0. The highest BCUT2D eigenvalue weighted by Crippen LogP contribution is 2.21. The molecule has 0 saturated heterocycles. The van der Waals surface area contributed by atoms with E-state index in [1.807, 2.05) is 0 Å². The summed E-state index contributed by atoms with van der Waals surface area (Å²) < 4.78 is 0. The maximum atomic E-state index is 2.48. The van der Waals surface area contributed by atoms with Crippen molar-refractivity contribution >= 4 is 14.1 Å². The minimum Gasteiger partial charge on any atom is -0.0939 e. The summed E-state index contributed by atoms with van der Waals surface area (Å²) in [5, 5.41) is 4.95. The predicted molar refractivity (Wildman–Crippen MR) is 259 cm³/mol. The first-order valence-electron chi connectivity index (χ1n) is 26.3. The smallest absolute Gasteiger partial charge is 0.0939 e. The summed E-state index contributed by atoms with van der Waals surface area (Å²) in [6, 6.07) is 0. The van der Waals surface area contributed by atoms with E-state index in [0.717, 1.165) is 0 Å². The van der Waals surface area contributed by atoms with E-state index in [0.29, 0.717) is 0 Å². The van der Waals surface area contributed by atoms with Gasteiger partial charge < -0.3 is 0 Å². The fourth-order valence-corrected chi connectivity index (χ4v) is 11.9. The molecule has 0 amide bonds. The Morgan fingerprint density at radius 3 is 0.564 bits per heavy atom. The Labute approximate surface area is 355 Å². The lowest BCUT2D eigenvalue weighted by molar-refractivity contribution is 0.597. The normalized spacial score (nSPS) is 12.1. The molecular weight excluding hydrogens is 676 g/mol. The maximum Gasteiger partial charge on any atom is 0.261 e. The molecule has 1 heteroatoms. The first-order chi connectivity index (χ1) is 27.3. The molecule has 324 valence electrons. The van der Waals surface area contributed by atoms with Crippen LogP contribution in [0.1, 0.15) is 290 Å². The van der Waals surface area contributed by atoms with Crippen molar-refractivity contribution in [2.75, 3.05) is 0 Å². The Bertz CT molecular complexity index is 648. The number of allylic oxidation sites excluding steroid dienone is 6. The molecule has 0 saturated carbocycles. The average molecular weight is 781 g/mol. The summed E-state index contributed by atoms with van der Waals surface area (Å²) >= 11 is -0.540. The van der Waals surface area contributed by atoms with Crippen LogP contribution in [0.4, 0.5) is 0 Å². The second-order valence-electron chi connectivity index (χ2n) is 18.0. The summed E-state index contributed by atoms with van der Waals surface area (Å²) in [4.78, 5) is 0. The van der Waals surface area contributed by atoms with Crippen LogP contribution in [0.25, 0.3) is 0 Å². The molecule has 0 aliphatic heterocycles. The van der Waals surface area contributed by atoms with Crippen LogP contribution in [0.3, 0.4) is 0 Å². The molecule has 0 aliphatic carbocycles. The molecule has 0 aromatic heterocycles. The molecule has 0 aliphatic rings. The highest BCUT2D eigenvalue weighted by molar-refractivity contribution is 6.58. The van der Waals surface area contributed by atoms with Gasteiger partial charge in [0.15, 0.2) is 0 Å². The molecular formula is C54H105Al. The quantitative estimate of drug-likeness (QED) is 0.0328. The molecule has 0 radical (unpaired) electrons. The first kappa shape index (κ1) is 54.8. The van der Waals surface area contributed by atoms with Gasteiger partial charge in [-0.25, -0.2) is 0 Å². The van der Waals surface area contributed by atoms with Crippen LogP contribution in [0, 0.1) is 0 Å². The van der Waals surface area contributed by atoms with Gasteiger partial charge >= 0.3 is 0 Å². The van der Waals surface area contributed by atoms with Gasteiger partial charge in [-0.1, -0.05) is 266 Å². The average Bonchev–Trinajstić information content (AvgIpc) is 3.20. The number of unbranched alkanes of at least 4 members (excludes halogenated alkanes) is 36. The van der Waals surface area contributed by atoms with Crippen molar-refractivity contribution in [3.8, 4) is 0 Å². The molecule has 0 heterocycles. The van der Waals surface area contributed by atoms with E-state index < -0.39 is 14.1 Å². The minimum absolute atomic E-state index is 0.540. The lowest BCUT2D eigenvalue weighted by atomic mass is 10.1. The molecule has 0 spiro atoms. The van der Waals surface area contributed by atoms with Crippen molar-refractivity contribution in [2.24, 2.45) is 0 Å². The third-order valence-corrected chi connectivity index (χ3v) is 16.0. The fourth-order valence-electron chi connectivity index (χ4n) is 8.47. The van der Waals surface area contributed by atoms with E-state index in [2.05, 4.69) is 57.2 Å². The minimum atomic E-state index is -0.540. The van der Waals surface area contributed by atoms with Crippen molar-refractivity contribution < 1.29 is 0 Å². The topological polar surface area (TPSA) is 0 Å². The highest BCUT2D eigenvalue weighted by Gasteiger charge is 2.15. The van der Waals surface area contributed by atoms with Crippen LogP contribution < -0.4 is 0 Å². The Morgan fingerprint density at radius 1 is 0.200 bits per heavy atom. The second-order valence-corrected chi connectivity index (χ2v) is 21.5. The van der Waals surface area contributed by atoms with Crippen molar-refractivity contribution in [3.63, 3.8) is 0 Å². The molecule has 0 rings (SSSR count). The maximum absolute atomic E-state index is 2.48. The zero-order valence-electron chi connectivity index (χ0n) is 38.9. The summed E-state index contributed by atoms with van der Waals surface area (Å²) in [6.07, 6.45) is 74.9. The summed E-state index contributed by atoms with van der Waals surface area (Å²) in [5.41, 5.74) is 0. The van der Waals surface area contributed by atoms with E-state index in [4.69, 9.17) is 0 Å². The second kappa shape index (κ2) is 51.8. The molecule has 0 fully saturated rings. The molecule has 0 nitrogen and oxygen atoms in total. The predicted octanol–water partition coefficient (Wildman–Crippen LogP) is 20.6. The van der Waals surface area contributed by atoms with Gasteiger partial charge in [0.25, 0.3) is 14.1 Å². The lowest BCUT2D eigenvalue weighted by Crippen LogP contribution is -2.12. The molecule has 0 aromatic carbocycles. The van der Waals surface area contributed by atoms with E-state index in [1.54, 1.807) is 35.1 Å². The van der Waals surface area contributed by atoms with Gasteiger partial charge in [-0.15, -0.1) is 0 Å². The van der Waals surface area contributed by atoms with Crippen LogP contribution in [0.15, 0.2) is 36.5 Å². The molecule has 0 N–H and O–H groups in total. The van der Waals surface area contributed by atoms with E-state index in [1.165, 1.54) is 250 Å². The Morgan fingerprint density at radius 2 is 0.364 bits per heavy atom. The van der Waals surface area contributed by atoms with Crippen LogP contribution in [0.2, 0.25) is 15.8 Å². The fraction of sp³-hybridized carbons (Fsp3) is 0.889. The zero-order valence-corrected chi connectivity index (χ0v) is 40.0. The SMILES string of the molecule is CCCCCCCC/C=C\CCCCCCC[CH2][Al]([CH2]CCCCCCC/C=C\CCCCCCCC)[CH2]CCCCCCC/C=C\CCCCCCCC. The molecule has 0 bridgehead atoms. The molecule has 0 atom stereocenters. The van der Waals surface area contributed by atoms with Gasteiger partial charge in [0, 0.05) is 0 Å². The Hall–Kier alpha value is -0.248. The largest absolute Gasteiger partial charge is 0.261 e. The standard InChI is InChI=1S/3C18H35.Al/c3*1-3-5-7-9-11-13-15-17-18-16-14-12-10-8-6-4-2;/h3*17-18H,1,3-16H2,2H3;/b3*18-17-;. The van der Waals surface area contributed by atoms with Crippen LogP contribution >= 0.6 is 0 Å².